The quantitative estimate of drug-likeness (QED) is 0.401. The molecule has 0 saturated carbocycles. The van der Waals surface area contributed by atoms with E-state index in [9.17, 15) is 9.00 Å². The third-order valence-electron chi connectivity index (χ3n) is 4.93. The van der Waals surface area contributed by atoms with E-state index >= 15 is 0 Å². The Morgan fingerprint density at radius 1 is 0.935 bits per heavy atom. The standard InChI is InChI=1S/C25H27ClN2O2S/c1-3-17-27(4-2)25(29)21-9-8-10-23(18-21)28(19-20-13-15-22(26)16-14-20)31(30)24-11-6-5-7-12-24/h5-16,18H,3-4,17,19H2,1-2H3. The topological polar surface area (TPSA) is 40.6 Å². The Morgan fingerprint density at radius 3 is 2.29 bits per heavy atom. The third-order valence-corrected chi connectivity index (χ3v) is 6.60. The van der Waals surface area contributed by atoms with Gasteiger partial charge >= 0.3 is 0 Å². The molecule has 0 fully saturated rings. The molecule has 0 aliphatic rings. The van der Waals surface area contributed by atoms with Crippen LogP contribution in [0.2, 0.25) is 5.02 Å². The first-order valence-corrected chi connectivity index (χ1v) is 11.9. The van der Waals surface area contributed by atoms with Crippen LogP contribution in [0.25, 0.3) is 0 Å². The van der Waals surface area contributed by atoms with Gasteiger partial charge in [0.05, 0.1) is 17.1 Å². The molecule has 31 heavy (non-hydrogen) atoms. The van der Waals surface area contributed by atoms with Crippen LogP contribution in [-0.2, 0) is 17.5 Å². The number of anilines is 1. The lowest BCUT2D eigenvalue weighted by atomic mass is 10.1. The van der Waals surface area contributed by atoms with Gasteiger partial charge in [-0.15, -0.1) is 0 Å². The molecule has 3 aromatic carbocycles. The Kier molecular flexibility index (Phi) is 8.27. The van der Waals surface area contributed by atoms with Crippen LogP contribution in [0, 0.1) is 0 Å². The van der Waals surface area contributed by atoms with Gasteiger partial charge in [-0.2, -0.15) is 0 Å². The lowest BCUT2D eigenvalue weighted by Gasteiger charge is -2.25. The number of nitrogens with zero attached hydrogens (tertiary/aromatic N) is 2. The molecule has 162 valence electrons. The molecule has 0 saturated heterocycles. The largest absolute Gasteiger partial charge is 0.339 e. The summed E-state index contributed by atoms with van der Waals surface area (Å²) < 4.78 is 15.3. The minimum atomic E-state index is -1.44. The average molecular weight is 455 g/mol. The second-order valence-electron chi connectivity index (χ2n) is 7.16. The summed E-state index contributed by atoms with van der Waals surface area (Å²) in [4.78, 5) is 15.5. The van der Waals surface area contributed by atoms with E-state index in [1.54, 1.807) is 0 Å². The molecule has 0 bridgehead atoms. The summed E-state index contributed by atoms with van der Waals surface area (Å²) >= 11 is 6.03. The third kappa shape index (κ3) is 5.96. The normalized spacial score (nSPS) is 11.7. The Balaban J connectivity index is 1.97. The first kappa shape index (κ1) is 23.0. The van der Waals surface area contributed by atoms with Gasteiger partial charge in [0.1, 0.15) is 0 Å². The molecular weight excluding hydrogens is 428 g/mol. The molecule has 6 heteroatoms. The predicted octanol–water partition coefficient (Wildman–Crippen LogP) is 5.94. The summed E-state index contributed by atoms with van der Waals surface area (Å²) in [6.45, 7) is 5.83. The molecule has 1 unspecified atom stereocenters. The van der Waals surface area contributed by atoms with Crippen molar-refractivity contribution in [3.63, 3.8) is 0 Å². The maximum atomic E-state index is 13.5. The minimum Gasteiger partial charge on any atom is -0.339 e. The molecule has 0 spiro atoms. The highest BCUT2D eigenvalue weighted by molar-refractivity contribution is 7.86. The van der Waals surface area contributed by atoms with Crippen LogP contribution >= 0.6 is 11.6 Å². The van der Waals surface area contributed by atoms with Crippen LogP contribution in [0.1, 0.15) is 36.2 Å². The monoisotopic (exact) mass is 454 g/mol. The van der Waals surface area contributed by atoms with Crippen molar-refractivity contribution < 1.29 is 9.00 Å². The number of benzene rings is 3. The lowest BCUT2D eigenvalue weighted by Crippen LogP contribution is -2.32. The molecule has 1 atom stereocenters. The zero-order valence-electron chi connectivity index (χ0n) is 17.8. The van der Waals surface area contributed by atoms with Crippen molar-refractivity contribution >= 4 is 34.2 Å². The van der Waals surface area contributed by atoms with Gasteiger partial charge in [-0.25, -0.2) is 4.21 Å². The van der Waals surface area contributed by atoms with Gasteiger partial charge in [-0.1, -0.05) is 54.9 Å². The van der Waals surface area contributed by atoms with E-state index in [0.717, 1.165) is 17.7 Å². The fourth-order valence-corrected chi connectivity index (χ4v) is 4.66. The second-order valence-corrected chi connectivity index (χ2v) is 9.01. The highest BCUT2D eigenvalue weighted by Crippen LogP contribution is 2.25. The highest BCUT2D eigenvalue weighted by atomic mass is 35.5. The minimum absolute atomic E-state index is 0.0110. The average Bonchev–Trinajstić information content (AvgIpc) is 2.82. The van der Waals surface area contributed by atoms with Gasteiger partial charge in [0, 0.05) is 23.7 Å². The Morgan fingerprint density at radius 2 is 1.65 bits per heavy atom. The fraction of sp³-hybridized carbons (Fsp3) is 0.240. The van der Waals surface area contributed by atoms with Crippen LogP contribution in [0.5, 0.6) is 0 Å². The molecule has 3 rings (SSSR count). The van der Waals surface area contributed by atoms with Crippen molar-refractivity contribution in [2.24, 2.45) is 0 Å². The van der Waals surface area contributed by atoms with Crippen LogP contribution in [0.3, 0.4) is 0 Å². The molecule has 0 radical (unpaired) electrons. The summed E-state index contributed by atoms with van der Waals surface area (Å²) in [5, 5.41) is 0.655. The van der Waals surface area contributed by atoms with Gasteiger partial charge in [0.2, 0.25) is 0 Å². The van der Waals surface area contributed by atoms with Crippen molar-refractivity contribution in [3.8, 4) is 0 Å². The zero-order valence-corrected chi connectivity index (χ0v) is 19.4. The first-order valence-electron chi connectivity index (χ1n) is 10.4. The van der Waals surface area contributed by atoms with Crippen molar-refractivity contribution in [2.45, 2.75) is 31.7 Å². The SMILES string of the molecule is CCCN(CC)C(=O)c1cccc(N(Cc2ccc(Cl)cc2)S(=O)c2ccccc2)c1. The van der Waals surface area contributed by atoms with E-state index in [1.165, 1.54) is 0 Å². The van der Waals surface area contributed by atoms with Crippen molar-refractivity contribution in [1.29, 1.82) is 0 Å². The van der Waals surface area contributed by atoms with E-state index < -0.39 is 11.0 Å². The summed E-state index contributed by atoms with van der Waals surface area (Å²) in [5.74, 6) is -0.0110. The number of carbonyl (C=O) groups excluding carboxylic acids is 1. The number of halogens is 1. The maximum Gasteiger partial charge on any atom is 0.253 e. The van der Waals surface area contributed by atoms with Crippen molar-refractivity contribution in [2.75, 3.05) is 17.4 Å². The van der Waals surface area contributed by atoms with Gasteiger partial charge in [0.15, 0.2) is 11.0 Å². The zero-order chi connectivity index (χ0) is 22.2. The van der Waals surface area contributed by atoms with E-state index in [-0.39, 0.29) is 5.91 Å². The molecular formula is C25H27ClN2O2S. The molecule has 0 aromatic heterocycles. The van der Waals surface area contributed by atoms with Gasteiger partial charge in [0.25, 0.3) is 5.91 Å². The molecule has 3 aromatic rings. The highest BCUT2D eigenvalue weighted by Gasteiger charge is 2.20. The number of amides is 1. The van der Waals surface area contributed by atoms with E-state index in [0.29, 0.717) is 35.1 Å². The number of hydrogen-bond acceptors (Lipinski definition) is 2. The van der Waals surface area contributed by atoms with Gasteiger partial charge in [-0.05, 0) is 61.4 Å². The van der Waals surface area contributed by atoms with E-state index in [4.69, 9.17) is 11.6 Å². The first-order chi connectivity index (χ1) is 15.0. The van der Waals surface area contributed by atoms with Gasteiger partial charge < -0.3 is 4.90 Å². The Labute approximate surface area is 192 Å². The van der Waals surface area contributed by atoms with Crippen LogP contribution < -0.4 is 4.31 Å². The summed E-state index contributed by atoms with van der Waals surface area (Å²) in [5.41, 5.74) is 2.31. The Bertz CT molecular complexity index is 1030. The van der Waals surface area contributed by atoms with Crippen LogP contribution in [0.4, 0.5) is 5.69 Å². The number of carbonyl (C=O) groups is 1. The van der Waals surface area contributed by atoms with E-state index in [1.807, 2.05) is 95.0 Å². The number of rotatable bonds is 9. The number of hydrogen-bond donors (Lipinski definition) is 0. The van der Waals surface area contributed by atoms with Crippen LogP contribution in [0.15, 0.2) is 83.8 Å². The summed E-state index contributed by atoms with van der Waals surface area (Å²) in [6, 6.07) is 24.2. The predicted molar refractivity (Wildman–Crippen MR) is 129 cm³/mol. The lowest BCUT2D eigenvalue weighted by molar-refractivity contribution is 0.0764. The summed E-state index contributed by atoms with van der Waals surface area (Å²) in [7, 11) is -1.44. The molecule has 0 aliphatic heterocycles. The fourth-order valence-electron chi connectivity index (χ4n) is 3.32. The van der Waals surface area contributed by atoms with Crippen molar-refractivity contribution in [3.05, 3.63) is 95.0 Å². The molecule has 4 nitrogen and oxygen atoms in total. The molecule has 0 heterocycles. The van der Waals surface area contributed by atoms with Gasteiger partial charge in [-0.3, -0.25) is 9.10 Å². The summed E-state index contributed by atoms with van der Waals surface area (Å²) in [6.07, 6.45) is 0.903. The van der Waals surface area contributed by atoms with E-state index in [2.05, 4.69) is 6.92 Å². The molecule has 0 N–H and O–H groups in total. The second kappa shape index (κ2) is 11.1. The Hall–Kier alpha value is -2.63. The van der Waals surface area contributed by atoms with Crippen LogP contribution in [-0.4, -0.2) is 28.1 Å². The maximum absolute atomic E-state index is 13.5. The van der Waals surface area contributed by atoms with Crippen molar-refractivity contribution in [1.82, 2.24) is 4.90 Å². The smallest absolute Gasteiger partial charge is 0.253 e. The molecule has 0 aliphatic carbocycles. The molecule has 1 amide bonds.